The molecule has 2 aromatic rings. The summed E-state index contributed by atoms with van der Waals surface area (Å²) in [5.41, 5.74) is 0.513. The molecule has 0 amide bonds. The van der Waals surface area contributed by atoms with E-state index in [0.717, 1.165) is 57.1 Å². The highest BCUT2D eigenvalue weighted by atomic mass is 32.1. The van der Waals surface area contributed by atoms with Crippen molar-refractivity contribution in [2.24, 2.45) is 0 Å². The van der Waals surface area contributed by atoms with Gasteiger partial charge in [0.25, 0.3) is 0 Å². The molecule has 0 bridgehead atoms. The molecule has 0 saturated carbocycles. The lowest BCUT2D eigenvalue weighted by molar-refractivity contribution is -0.138. The van der Waals surface area contributed by atoms with Gasteiger partial charge in [-0.05, 0) is 45.1 Å². The Morgan fingerprint density at radius 3 is 2.77 bits per heavy atom. The van der Waals surface area contributed by atoms with E-state index in [1.165, 1.54) is 17.4 Å². The number of likely N-dealkylation sites (N-methyl/N-ethyl adjacent to an activating group) is 1. The first-order chi connectivity index (χ1) is 14.8. The minimum atomic E-state index is -4.48. The molecule has 1 unspecified atom stereocenters. The van der Waals surface area contributed by atoms with Gasteiger partial charge in [-0.2, -0.15) is 13.2 Å². The molecular formula is C22H31F3N4OS. The fraction of sp³-hybridized carbons (Fsp3) is 0.591. The Labute approximate surface area is 186 Å². The number of thiazole rings is 1. The molecule has 1 atom stereocenters. The molecule has 31 heavy (non-hydrogen) atoms. The second-order valence-electron chi connectivity index (χ2n) is 8.17. The van der Waals surface area contributed by atoms with Gasteiger partial charge in [-0.1, -0.05) is 19.8 Å². The van der Waals surface area contributed by atoms with E-state index < -0.39 is 11.7 Å². The lowest BCUT2D eigenvalue weighted by atomic mass is 10.1. The summed E-state index contributed by atoms with van der Waals surface area (Å²) >= 11 is 1.40. The third-order valence-corrected chi connectivity index (χ3v) is 6.26. The summed E-state index contributed by atoms with van der Waals surface area (Å²) in [5, 5.41) is 5.56. The van der Waals surface area contributed by atoms with Crippen LogP contribution in [0.25, 0.3) is 0 Å². The van der Waals surface area contributed by atoms with Gasteiger partial charge in [0.1, 0.15) is 5.75 Å². The van der Waals surface area contributed by atoms with Gasteiger partial charge < -0.3 is 15.0 Å². The maximum atomic E-state index is 13.5. The molecule has 1 aromatic heterocycles. The number of nitrogens with zero attached hydrogens (tertiary/aromatic N) is 3. The van der Waals surface area contributed by atoms with Crippen LogP contribution in [0.15, 0.2) is 23.6 Å². The van der Waals surface area contributed by atoms with Crippen molar-refractivity contribution in [2.45, 2.75) is 51.4 Å². The molecule has 0 spiro atoms. The van der Waals surface area contributed by atoms with Gasteiger partial charge >= 0.3 is 6.18 Å². The number of aromatic nitrogens is 1. The number of hydrogen-bond donors (Lipinski definition) is 1. The Kier molecular flexibility index (Phi) is 8.18. The molecule has 1 aromatic carbocycles. The van der Waals surface area contributed by atoms with E-state index >= 15 is 0 Å². The van der Waals surface area contributed by atoms with Crippen LogP contribution in [-0.2, 0) is 12.7 Å². The van der Waals surface area contributed by atoms with E-state index in [4.69, 9.17) is 4.74 Å². The molecule has 1 fully saturated rings. The Bertz CT molecular complexity index is 840. The van der Waals surface area contributed by atoms with Gasteiger partial charge in [0, 0.05) is 36.7 Å². The van der Waals surface area contributed by atoms with Crippen LogP contribution in [0.3, 0.4) is 0 Å². The lowest BCUT2D eigenvalue weighted by Crippen LogP contribution is -2.31. The molecule has 1 saturated heterocycles. The minimum Gasteiger partial charge on any atom is -0.493 e. The van der Waals surface area contributed by atoms with Crippen molar-refractivity contribution in [1.82, 2.24) is 14.8 Å². The van der Waals surface area contributed by atoms with E-state index in [2.05, 4.69) is 34.2 Å². The van der Waals surface area contributed by atoms with E-state index in [9.17, 15) is 13.2 Å². The zero-order chi connectivity index (χ0) is 22.4. The van der Waals surface area contributed by atoms with Crippen LogP contribution in [-0.4, -0.2) is 54.6 Å². The SMILES string of the molecule is CCCCCOc1ccc(Nc2nc(CN3CCC(N(C)C)C3)cs2)cc1C(F)(F)F. The zero-order valence-electron chi connectivity index (χ0n) is 18.3. The van der Waals surface area contributed by atoms with Crippen molar-refractivity contribution in [1.29, 1.82) is 0 Å². The molecular weight excluding hydrogens is 425 g/mol. The maximum absolute atomic E-state index is 13.5. The molecule has 1 aliphatic rings. The van der Waals surface area contributed by atoms with Crippen LogP contribution in [0.2, 0.25) is 0 Å². The molecule has 9 heteroatoms. The number of ether oxygens (including phenoxy) is 1. The number of rotatable bonds is 10. The fourth-order valence-corrected chi connectivity index (χ4v) is 4.38. The largest absolute Gasteiger partial charge is 0.493 e. The van der Waals surface area contributed by atoms with Gasteiger partial charge in [-0.3, -0.25) is 4.90 Å². The van der Waals surface area contributed by atoms with Crippen LogP contribution in [0.5, 0.6) is 5.75 Å². The molecule has 3 rings (SSSR count). The summed E-state index contributed by atoms with van der Waals surface area (Å²) in [7, 11) is 4.19. The van der Waals surface area contributed by atoms with Gasteiger partial charge in [0.2, 0.25) is 0 Å². The van der Waals surface area contributed by atoms with Crippen molar-refractivity contribution in [3.05, 3.63) is 34.8 Å². The van der Waals surface area contributed by atoms with Gasteiger partial charge in [0.05, 0.1) is 17.9 Å². The topological polar surface area (TPSA) is 40.6 Å². The van der Waals surface area contributed by atoms with E-state index in [1.54, 1.807) is 6.07 Å². The number of unbranched alkanes of at least 4 members (excludes halogenated alkanes) is 2. The quantitative estimate of drug-likeness (QED) is 0.471. The second kappa shape index (κ2) is 10.7. The smallest absolute Gasteiger partial charge is 0.420 e. The average Bonchev–Trinajstić information content (AvgIpc) is 3.35. The second-order valence-corrected chi connectivity index (χ2v) is 9.03. The highest BCUT2D eigenvalue weighted by molar-refractivity contribution is 7.13. The summed E-state index contributed by atoms with van der Waals surface area (Å²) < 4.78 is 46.0. The third kappa shape index (κ3) is 6.82. The first-order valence-corrected chi connectivity index (χ1v) is 11.6. The number of alkyl halides is 3. The van der Waals surface area contributed by atoms with Crippen molar-refractivity contribution >= 4 is 22.2 Å². The van der Waals surface area contributed by atoms with Crippen LogP contribution in [0.1, 0.15) is 43.9 Å². The third-order valence-electron chi connectivity index (χ3n) is 5.46. The number of likely N-dealkylation sites (tertiary alicyclic amines) is 1. The first kappa shape index (κ1) is 23.8. The van der Waals surface area contributed by atoms with Crippen LogP contribution >= 0.6 is 11.3 Å². The predicted molar refractivity (Wildman–Crippen MR) is 119 cm³/mol. The number of nitrogens with one attached hydrogen (secondary N) is 1. The number of halogens is 3. The van der Waals surface area contributed by atoms with Gasteiger partial charge in [0.15, 0.2) is 5.13 Å². The summed E-state index contributed by atoms with van der Waals surface area (Å²) in [6.07, 6.45) is -0.690. The average molecular weight is 457 g/mol. The number of benzene rings is 1. The van der Waals surface area contributed by atoms with Crippen LogP contribution < -0.4 is 10.1 Å². The summed E-state index contributed by atoms with van der Waals surface area (Å²) in [5.74, 6) is -0.126. The molecule has 2 heterocycles. The Morgan fingerprint density at radius 2 is 2.10 bits per heavy atom. The molecule has 0 radical (unpaired) electrons. The van der Waals surface area contributed by atoms with Crippen molar-refractivity contribution in [2.75, 3.05) is 39.1 Å². The first-order valence-electron chi connectivity index (χ1n) is 10.7. The predicted octanol–water partition coefficient (Wildman–Crippen LogP) is 5.61. The fourth-order valence-electron chi connectivity index (χ4n) is 3.66. The highest BCUT2D eigenvalue weighted by Gasteiger charge is 2.35. The monoisotopic (exact) mass is 456 g/mol. The number of hydrogen-bond acceptors (Lipinski definition) is 6. The Balaban J connectivity index is 1.63. The van der Waals surface area contributed by atoms with E-state index in [0.29, 0.717) is 16.9 Å². The van der Waals surface area contributed by atoms with Crippen molar-refractivity contribution in [3.8, 4) is 5.75 Å². The highest BCUT2D eigenvalue weighted by Crippen LogP contribution is 2.38. The molecule has 0 aliphatic carbocycles. The van der Waals surface area contributed by atoms with Crippen molar-refractivity contribution < 1.29 is 17.9 Å². The standard InChI is InChI=1S/C22H31F3N4OS/c1-4-5-6-11-30-20-8-7-16(12-19(20)22(23,24)25)26-21-27-17(15-31-21)13-29-10-9-18(14-29)28(2)3/h7-8,12,15,18H,4-6,9-11,13-14H2,1-3H3,(H,26,27). The summed E-state index contributed by atoms with van der Waals surface area (Å²) in [4.78, 5) is 9.16. The molecule has 172 valence electrons. The minimum absolute atomic E-state index is 0.126. The van der Waals surface area contributed by atoms with Crippen molar-refractivity contribution in [3.63, 3.8) is 0 Å². The van der Waals surface area contributed by atoms with Gasteiger partial charge in [-0.25, -0.2) is 4.98 Å². The lowest BCUT2D eigenvalue weighted by Gasteiger charge is -2.19. The Morgan fingerprint density at radius 1 is 1.29 bits per heavy atom. The summed E-state index contributed by atoms with van der Waals surface area (Å²) in [6, 6.07) is 4.64. The van der Waals surface area contributed by atoms with Crippen LogP contribution in [0, 0.1) is 0 Å². The zero-order valence-corrected chi connectivity index (χ0v) is 19.2. The molecule has 1 N–H and O–H groups in total. The number of anilines is 2. The van der Waals surface area contributed by atoms with Crippen LogP contribution in [0.4, 0.5) is 24.0 Å². The van der Waals surface area contributed by atoms with E-state index in [1.807, 2.05) is 12.3 Å². The molecule has 5 nitrogen and oxygen atoms in total. The Hall–Kier alpha value is -1.84. The molecule has 1 aliphatic heterocycles. The summed E-state index contributed by atoms with van der Waals surface area (Å²) in [6.45, 7) is 5.10. The van der Waals surface area contributed by atoms with Gasteiger partial charge in [-0.15, -0.1) is 11.3 Å². The van der Waals surface area contributed by atoms with E-state index in [-0.39, 0.29) is 12.4 Å². The normalized spacial score (nSPS) is 17.5. The maximum Gasteiger partial charge on any atom is 0.420 e.